The van der Waals surface area contributed by atoms with Crippen molar-refractivity contribution in [3.8, 4) is 0 Å². The Morgan fingerprint density at radius 2 is 2.06 bits per heavy atom. The number of non-ortho nitro benzene ring substituents is 1. The van der Waals surface area contributed by atoms with Crippen molar-refractivity contribution < 1.29 is 9.66 Å². The highest BCUT2D eigenvalue weighted by Gasteiger charge is 2.11. The molecule has 2 rings (SSSR count). The lowest BCUT2D eigenvalue weighted by molar-refractivity contribution is -0.384. The van der Waals surface area contributed by atoms with E-state index in [0.29, 0.717) is 6.10 Å². The lowest BCUT2D eigenvalue weighted by Gasteiger charge is -2.01. The zero-order valence-corrected chi connectivity index (χ0v) is 10.2. The molecule has 5 heteroatoms. The Morgan fingerprint density at radius 1 is 1.41 bits per heavy atom. The van der Waals surface area contributed by atoms with Crippen LogP contribution in [-0.4, -0.2) is 31.2 Å². The van der Waals surface area contributed by atoms with Gasteiger partial charge in [0.2, 0.25) is 0 Å². The molecule has 1 aromatic carbocycles. The van der Waals surface area contributed by atoms with Gasteiger partial charge in [0, 0.05) is 25.8 Å². The van der Waals surface area contributed by atoms with E-state index in [1.165, 1.54) is 18.6 Å². The van der Waals surface area contributed by atoms with Crippen molar-refractivity contribution in [3.63, 3.8) is 0 Å². The van der Waals surface area contributed by atoms with Crippen LogP contribution in [0.3, 0.4) is 0 Å². The van der Waals surface area contributed by atoms with Crippen molar-refractivity contribution in [3.05, 3.63) is 39.9 Å². The molecule has 0 aromatic heterocycles. The number of methoxy groups -OCH3 is 1. The van der Waals surface area contributed by atoms with Gasteiger partial charge in [-0.2, -0.15) is 0 Å². The number of nitro benzene ring substituents is 1. The maximum atomic E-state index is 10.1. The first-order valence-corrected chi connectivity index (χ1v) is 5.58. The maximum Gasteiger partial charge on any atom is 0.269 e. The summed E-state index contributed by atoms with van der Waals surface area (Å²) in [4.78, 5) is 9.71. The standard InChI is InChI=1S/C7H7NO2.C5H11NO/c1-6-2-4-7(5-3-6)8(9)10;1-7-5-2-3-6-4-5/h2-5H,1H3;5-6H,2-4H2,1H3. The molecule has 1 atom stereocenters. The zero-order chi connectivity index (χ0) is 12.7. The first-order chi connectivity index (χ1) is 8.13. The monoisotopic (exact) mass is 238 g/mol. The number of nitro groups is 1. The summed E-state index contributed by atoms with van der Waals surface area (Å²) in [6.07, 6.45) is 1.66. The fraction of sp³-hybridized carbons (Fsp3) is 0.500. The molecule has 94 valence electrons. The van der Waals surface area contributed by atoms with E-state index in [1.54, 1.807) is 19.2 Å². The minimum atomic E-state index is -0.403. The fourth-order valence-electron chi connectivity index (χ4n) is 1.50. The van der Waals surface area contributed by atoms with Crippen molar-refractivity contribution in [1.82, 2.24) is 5.32 Å². The third kappa shape index (κ3) is 4.93. The van der Waals surface area contributed by atoms with Crippen LogP contribution in [0.1, 0.15) is 12.0 Å². The number of nitrogens with one attached hydrogen (secondary N) is 1. The van der Waals surface area contributed by atoms with E-state index in [9.17, 15) is 10.1 Å². The number of aryl methyl sites for hydroxylation is 1. The maximum absolute atomic E-state index is 10.1. The number of hydrogen-bond acceptors (Lipinski definition) is 4. The summed E-state index contributed by atoms with van der Waals surface area (Å²) >= 11 is 0. The predicted octanol–water partition coefficient (Wildman–Crippen LogP) is 1.90. The summed E-state index contributed by atoms with van der Waals surface area (Å²) in [6, 6.07) is 6.43. The van der Waals surface area contributed by atoms with Crippen LogP contribution in [-0.2, 0) is 4.74 Å². The highest BCUT2D eigenvalue weighted by Crippen LogP contribution is 2.10. The van der Waals surface area contributed by atoms with Crippen LogP contribution in [0.25, 0.3) is 0 Å². The minimum Gasteiger partial charge on any atom is -0.380 e. The van der Waals surface area contributed by atoms with Gasteiger partial charge in [0.1, 0.15) is 0 Å². The highest BCUT2D eigenvalue weighted by atomic mass is 16.6. The van der Waals surface area contributed by atoms with Gasteiger partial charge in [-0.15, -0.1) is 0 Å². The molecule has 1 fully saturated rings. The van der Waals surface area contributed by atoms with Gasteiger partial charge in [-0.05, 0) is 19.9 Å². The van der Waals surface area contributed by atoms with Gasteiger partial charge < -0.3 is 10.1 Å². The van der Waals surface area contributed by atoms with Crippen LogP contribution in [0.5, 0.6) is 0 Å². The number of ether oxygens (including phenoxy) is 1. The molecule has 1 N–H and O–H groups in total. The van der Waals surface area contributed by atoms with Gasteiger partial charge in [-0.25, -0.2) is 0 Å². The van der Waals surface area contributed by atoms with Gasteiger partial charge in [-0.3, -0.25) is 10.1 Å². The van der Waals surface area contributed by atoms with E-state index in [2.05, 4.69) is 5.32 Å². The minimum absolute atomic E-state index is 0.144. The van der Waals surface area contributed by atoms with Crippen molar-refractivity contribution >= 4 is 5.69 Å². The molecule has 0 amide bonds. The van der Waals surface area contributed by atoms with Gasteiger partial charge in [0.05, 0.1) is 11.0 Å². The molecule has 0 saturated carbocycles. The summed E-state index contributed by atoms with van der Waals surface area (Å²) in [5.41, 5.74) is 1.18. The second-order valence-electron chi connectivity index (χ2n) is 3.94. The van der Waals surface area contributed by atoms with E-state index in [-0.39, 0.29) is 5.69 Å². The summed E-state index contributed by atoms with van der Waals surface area (Å²) < 4.78 is 5.05. The summed E-state index contributed by atoms with van der Waals surface area (Å²) in [5, 5.41) is 13.3. The fourth-order valence-corrected chi connectivity index (χ4v) is 1.50. The SMILES string of the molecule is COC1CCNC1.Cc1ccc([N+](=O)[O-])cc1. The number of rotatable bonds is 2. The quantitative estimate of drug-likeness (QED) is 0.631. The Morgan fingerprint density at radius 3 is 2.41 bits per heavy atom. The molecule has 1 aliphatic rings. The van der Waals surface area contributed by atoms with Gasteiger partial charge in [0.15, 0.2) is 0 Å². The van der Waals surface area contributed by atoms with Crippen molar-refractivity contribution in [2.24, 2.45) is 0 Å². The van der Waals surface area contributed by atoms with E-state index < -0.39 is 4.92 Å². The Balaban J connectivity index is 0.000000181. The molecule has 5 nitrogen and oxygen atoms in total. The van der Waals surface area contributed by atoms with Gasteiger partial charge in [0.25, 0.3) is 5.69 Å². The second-order valence-corrected chi connectivity index (χ2v) is 3.94. The molecule has 1 heterocycles. The first-order valence-electron chi connectivity index (χ1n) is 5.58. The van der Waals surface area contributed by atoms with Crippen molar-refractivity contribution in [2.45, 2.75) is 19.4 Å². The Kier molecular flexibility index (Phi) is 5.59. The number of benzene rings is 1. The predicted molar refractivity (Wildman–Crippen MR) is 66.1 cm³/mol. The molecule has 0 aliphatic carbocycles. The topological polar surface area (TPSA) is 64.4 Å². The molecule has 1 unspecified atom stereocenters. The molecule has 1 aromatic rings. The van der Waals surface area contributed by atoms with E-state index in [0.717, 1.165) is 18.7 Å². The molecule has 17 heavy (non-hydrogen) atoms. The van der Waals surface area contributed by atoms with Crippen LogP contribution in [0.2, 0.25) is 0 Å². The molecule has 1 saturated heterocycles. The van der Waals surface area contributed by atoms with Crippen LogP contribution < -0.4 is 5.32 Å². The van der Waals surface area contributed by atoms with Crippen LogP contribution in [0, 0.1) is 17.0 Å². The molecular weight excluding hydrogens is 220 g/mol. The third-order valence-electron chi connectivity index (χ3n) is 2.59. The summed E-state index contributed by atoms with van der Waals surface area (Å²) in [6.45, 7) is 4.05. The normalized spacial score (nSPS) is 18.4. The van der Waals surface area contributed by atoms with Gasteiger partial charge in [-0.1, -0.05) is 17.7 Å². The summed E-state index contributed by atoms with van der Waals surface area (Å²) in [7, 11) is 1.76. The molecule has 0 spiro atoms. The average molecular weight is 238 g/mol. The molecule has 0 bridgehead atoms. The highest BCUT2D eigenvalue weighted by molar-refractivity contribution is 5.31. The Labute approximate surface area is 101 Å². The smallest absolute Gasteiger partial charge is 0.269 e. The number of hydrogen-bond donors (Lipinski definition) is 1. The zero-order valence-electron chi connectivity index (χ0n) is 10.2. The van der Waals surface area contributed by atoms with E-state index >= 15 is 0 Å². The molecule has 1 aliphatic heterocycles. The Hall–Kier alpha value is -1.46. The average Bonchev–Trinajstić information content (AvgIpc) is 2.83. The van der Waals surface area contributed by atoms with Crippen LogP contribution >= 0.6 is 0 Å². The molecular formula is C12H18N2O3. The second kappa shape index (κ2) is 6.98. The van der Waals surface area contributed by atoms with E-state index in [1.807, 2.05) is 6.92 Å². The Bertz CT molecular complexity index is 345. The number of nitrogens with zero attached hydrogens (tertiary/aromatic N) is 1. The largest absolute Gasteiger partial charge is 0.380 e. The van der Waals surface area contributed by atoms with Crippen LogP contribution in [0.4, 0.5) is 5.69 Å². The lowest BCUT2D eigenvalue weighted by atomic mass is 10.2. The van der Waals surface area contributed by atoms with E-state index in [4.69, 9.17) is 4.74 Å². The van der Waals surface area contributed by atoms with Crippen molar-refractivity contribution in [1.29, 1.82) is 0 Å². The lowest BCUT2D eigenvalue weighted by Crippen LogP contribution is -2.14. The van der Waals surface area contributed by atoms with Crippen molar-refractivity contribution in [2.75, 3.05) is 20.2 Å². The summed E-state index contributed by atoms with van der Waals surface area (Å²) in [5.74, 6) is 0. The molecule has 0 radical (unpaired) electrons. The third-order valence-corrected chi connectivity index (χ3v) is 2.59. The van der Waals surface area contributed by atoms with Gasteiger partial charge >= 0.3 is 0 Å². The first kappa shape index (κ1) is 13.6. The van der Waals surface area contributed by atoms with Crippen LogP contribution in [0.15, 0.2) is 24.3 Å².